The molecule has 0 unspecified atom stereocenters. The van der Waals surface area contributed by atoms with Gasteiger partial charge in [-0.05, 0) is 25.1 Å². The number of carbonyl (C=O) groups is 1. The molecule has 0 bridgehead atoms. The van der Waals surface area contributed by atoms with E-state index in [2.05, 4.69) is 0 Å². The van der Waals surface area contributed by atoms with Crippen LogP contribution >= 0.6 is 0 Å². The molecule has 1 aromatic rings. The van der Waals surface area contributed by atoms with Gasteiger partial charge in [0.05, 0.1) is 10.8 Å². The number of aryl methyl sites for hydroxylation is 1. The summed E-state index contributed by atoms with van der Waals surface area (Å²) in [5, 5.41) is 1.45. The van der Waals surface area contributed by atoms with E-state index >= 15 is 0 Å². The van der Waals surface area contributed by atoms with Crippen molar-refractivity contribution in [1.29, 1.82) is 0 Å². The van der Waals surface area contributed by atoms with Crippen LogP contribution in [0.1, 0.15) is 19.4 Å². The zero-order chi connectivity index (χ0) is 12.1. The van der Waals surface area contributed by atoms with Crippen molar-refractivity contribution in [2.24, 2.45) is 5.92 Å². The molecule has 0 heterocycles. The van der Waals surface area contributed by atoms with Gasteiger partial charge in [-0.25, -0.2) is 4.21 Å². The third-order valence-corrected chi connectivity index (χ3v) is 3.30. The standard InChI is InChI=1S/C13H16O2S/c1-10(2)13(14)8-9-16(15)12-6-4-11(3)5-7-12/h4-10H,1-3H3/t16-/m1/s1. The molecule has 0 amide bonds. The first kappa shape index (κ1) is 12.8. The monoisotopic (exact) mass is 236 g/mol. The number of hydrogen-bond donors (Lipinski definition) is 0. The molecule has 3 heteroatoms. The van der Waals surface area contributed by atoms with E-state index in [1.807, 2.05) is 45.0 Å². The Morgan fingerprint density at radius 1 is 1.25 bits per heavy atom. The maximum absolute atomic E-state index is 11.8. The topological polar surface area (TPSA) is 34.1 Å². The van der Waals surface area contributed by atoms with Crippen LogP contribution in [0.25, 0.3) is 0 Å². The normalized spacial score (nSPS) is 13.2. The lowest BCUT2D eigenvalue weighted by molar-refractivity contribution is -0.117. The fourth-order valence-electron chi connectivity index (χ4n) is 1.07. The second-order valence-corrected chi connectivity index (χ2v) is 5.31. The molecule has 1 atom stereocenters. The van der Waals surface area contributed by atoms with Crippen LogP contribution in [-0.4, -0.2) is 9.99 Å². The minimum absolute atomic E-state index is 0.000427. The lowest BCUT2D eigenvalue weighted by Gasteiger charge is -1.98. The van der Waals surface area contributed by atoms with E-state index < -0.39 is 10.8 Å². The molecule has 1 aromatic carbocycles. The predicted molar refractivity (Wildman–Crippen MR) is 66.6 cm³/mol. The van der Waals surface area contributed by atoms with Gasteiger partial charge in [0.2, 0.25) is 0 Å². The quantitative estimate of drug-likeness (QED) is 0.753. The summed E-state index contributed by atoms with van der Waals surface area (Å²) < 4.78 is 11.8. The first-order chi connectivity index (χ1) is 7.50. The Morgan fingerprint density at radius 2 is 1.81 bits per heavy atom. The Bertz CT molecular complexity index is 416. The van der Waals surface area contributed by atoms with Crippen molar-refractivity contribution in [2.75, 3.05) is 0 Å². The predicted octanol–water partition coefficient (Wildman–Crippen LogP) is 2.84. The van der Waals surface area contributed by atoms with Crippen LogP contribution in [0.2, 0.25) is 0 Å². The van der Waals surface area contributed by atoms with Gasteiger partial charge < -0.3 is 0 Å². The van der Waals surface area contributed by atoms with Crippen molar-refractivity contribution in [3.63, 3.8) is 0 Å². The second-order valence-electron chi connectivity index (χ2n) is 3.97. The number of carbonyl (C=O) groups excluding carboxylic acids is 1. The fraction of sp³-hybridized carbons (Fsp3) is 0.308. The molecule has 0 aliphatic carbocycles. The van der Waals surface area contributed by atoms with Crippen molar-refractivity contribution in [1.82, 2.24) is 0 Å². The van der Waals surface area contributed by atoms with Crippen LogP contribution in [0.3, 0.4) is 0 Å². The molecular formula is C13H16O2S. The third kappa shape index (κ3) is 3.74. The fourth-order valence-corrected chi connectivity index (χ4v) is 1.89. The van der Waals surface area contributed by atoms with Gasteiger partial charge in [0, 0.05) is 16.2 Å². The van der Waals surface area contributed by atoms with Gasteiger partial charge in [0.25, 0.3) is 0 Å². The van der Waals surface area contributed by atoms with Crippen molar-refractivity contribution in [3.8, 4) is 0 Å². The maximum Gasteiger partial charge on any atom is 0.158 e. The maximum atomic E-state index is 11.8. The summed E-state index contributed by atoms with van der Waals surface area (Å²) in [4.78, 5) is 12.0. The summed E-state index contributed by atoms with van der Waals surface area (Å²) in [5.41, 5.74) is 1.13. The first-order valence-corrected chi connectivity index (χ1v) is 6.41. The highest BCUT2D eigenvalue weighted by molar-refractivity contribution is 7.88. The number of hydrogen-bond acceptors (Lipinski definition) is 2. The number of ketones is 1. The van der Waals surface area contributed by atoms with Crippen LogP contribution < -0.4 is 0 Å². The third-order valence-electron chi connectivity index (χ3n) is 2.18. The summed E-state index contributed by atoms with van der Waals surface area (Å²) in [7, 11) is -1.23. The molecule has 0 spiro atoms. The molecule has 0 aromatic heterocycles. The van der Waals surface area contributed by atoms with Crippen molar-refractivity contribution in [2.45, 2.75) is 25.7 Å². The number of allylic oxidation sites excluding steroid dienone is 1. The minimum Gasteiger partial charge on any atom is -0.295 e. The molecule has 2 nitrogen and oxygen atoms in total. The largest absolute Gasteiger partial charge is 0.295 e. The van der Waals surface area contributed by atoms with Gasteiger partial charge in [-0.3, -0.25) is 4.79 Å². The molecule has 0 saturated heterocycles. The number of rotatable bonds is 4. The minimum atomic E-state index is -1.23. The Hall–Kier alpha value is -1.22. The van der Waals surface area contributed by atoms with E-state index in [0.717, 1.165) is 10.5 Å². The van der Waals surface area contributed by atoms with Gasteiger partial charge in [-0.15, -0.1) is 0 Å². The summed E-state index contributed by atoms with van der Waals surface area (Å²) in [6.07, 6.45) is 1.40. The summed E-state index contributed by atoms with van der Waals surface area (Å²) in [5.74, 6) is -0.0493. The van der Waals surface area contributed by atoms with Crippen LogP contribution in [0, 0.1) is 12.8 Å². The van der Waals surface area contributed by atoms with E-state index in [1.165, 1.54) is 11.5 Å². The highest BCUT2D eigenvalue weighted by Gasteiger charge is 2.04. The highest BCUT2D eigenvalue weighted by Crippen LogP contribution is 2.09. The average Bonchev–Trinajstić information content (AvgIpc) is 2.26. The van der Waals surface area contributed by atoms with E-state index in [9.17, 15) is 9.00 Å². The van der Waals surface area contributed by atoms with Gasteiger partial charge >= 0.3 is 0 Å². The first-order valence-electron chi connectivity index (χ1n) is 5.20. The van der Waals surface area contributed by atoms with Crippen LogP contribution in [0.4, 0.5) is 0 Å². The van der Waals surface area contributed by atoms with Crippen LogP contribution in [0.5, 0.6) is 0 Å². The smallest absolute Gasteiger partial charge is 0.158 e. The van der Waals surface area contributed by atoms with E-state index in [4.69, 9.17) is 0 Å². The van der Waals surface area contributed by atoms with E-state index in [1.54, 1.807) is 0 Å². The molecule has 0 fully saturated rings. The Kier molecular flexibility index (Phi) is 4.62. The second kappa shape index (κ2) is 5.75. The lowest BCUT2D eigenvalue weighted by Crippen LogP contribution is -2.02. The Labute approximate surface area is 98.8 Å². The summed E-state index contributed by atoms with van der Waals surface area (Å²) >= 11 is 0. The van der Waals surface area contributed by atoms with E-state index in [0.29, 0.717) is 0 Å². The lowest BCUT2D eigenvalue weighted by atomic mass is 10.1. The van der Waals surface area contributed by atoms with E-state index in [-0.39, 0.29) is 11.7 Å². The van der Waals surface area contributed by atoms with Crippen molar-refractivity contribution < 1.29 is 9.00 Å². The van der Waals surface area contributed by atoms with Gasteiger partial charge in [0.1, 0.15) is 0 Å². The molecule has 86 valence electrons. The average molecular weight is 236 g/mol. The molecular weight excluding hydrogens is 220 g/mol. The molecule has 16 heavy (non-hydrogen) atoms. The summed E-state index contributed by atoms with van der Waals surface area (Å²) in [6, 6.07) is 7.45. The zero-order valence-electron chi connectivity index (χ0n) is 9.77. The molecule has 0 saturated carbocycles. The number of benzene rings is 1. The van der Waals surface area contributed by atoms with Crippen LogP contribution in [0.15, 0.2) is 40.6 Å². The molecule has 0 aliphatic heterocycles. The summed E-state index contributed by atoms with van der Waals surface area (Å²) in [6.45, 7) is 5.62. The van der Waals surface area contributed by atoms with Gasteiger partial charge in [-0.1, -0.05) is 31.5 Å². The van der Waals surface area contributed by atoms with Gasteiger partial charge in [-0.2, -0.15) is 0 Å². The Balaban J connectivity index is 2.73. The Morgan fingerprint density at radius 3 is 2.31 bits per heavy atom. The molecule has 0 radical (unpaired) electrons. The highest BCUT2D eigenvalue weighted by atomic mass is 32.2. The molecule has 0 N–H and O–H groups in total. The van der Waals surface area contributed by atoms with Crippen molar-refractivity contribution in [3.05, 3.63) is 41.3 Å². The zero-order valence-corrected chi connectivity index (χ0v) is 10.6. The molecule has 1 rings (SSSR count). The molecule has 0 aliphatic rings. The SMILES string of the molecule is Cc1ccc([S@](=O)C=CC(=O)C(C)C)cc1. The van der Waals surface area contributed by atoms with Crippen LogP contribution in [-0.2, 0) is 15.6 Å². The van der Waals surface area contributed by atoms with Gasteiger partial charge in [0.15, 0.2) is 5.78 Å². The van der Waals surface area contributed by atoms with Crippen molar-refractivity contribution >= 4 is 16.6 Å².